The Morgan fingerprint density at radius 2 is 1.64 bits per heavy atom. The molecule has 0 N–H and O–H groups in total. The number of imidazole rings is 1. The summed E-state index contributed by atoms with van der Waals surface area (Å²) in [4.78, 5) is 28.2. The van der Waals surface area contributed by atoms with Gasteiger partial charge < -0.3 is 9.30 Å². The molecule has 3 aromatic carbocycles. The largest absolute Gasteiger partial charge is 0.459 e. The van der Waals surface area contributed by atoms with Gasteiger partial charge in [0.15, 0.2) is 5.16 Å². The number of carbonyl (C=O) groups is 1. The number of esters is 1. The Kier molecular flexibility index (Phi) is 7.74. The second-order valence-corrected chi connectivity index (χ2v) is 10.6. The van der Waals surface area contributed by atoms with E-state index < -0.39 is 10.5 Å². The van der Waals surface area contributed by atoms with Crippen LogP contribution in [0.5, 0.6) is 0 Å². The predicted octanol–water partition coefficient (Wildman–Crippen LogP) is 6.60. The SMILES string of the molecule is CC(C)(C)OC(=O)Cn1c(SCCC(c2ccccc2)c2ccccc2)nc2cc([N+](=O)[O-])ccc21. The van der Waals surface area contributed by atoms with Crippen LogP contribution in [0.4, 0.5) is 5.69 Å². The third-order valence-corrected chi connectivity index (χ3v) is 6.67. The minimum atomic E-state index is -0.613. The van der Waals surface area contributed by atoms with E-state index in [9.17, 15) is 14.9 Å². The first kappa shape index (κ1) is 25.4. The summed E-state index contributed by atoms with van der Waals surface area (Å²) in [5, 5.41) is 11.9. The van der Waals surface area contributed by atoms with E-state index in [4.69, 9.17) is 4.74 Å². The average Bonchev–Trinajstić information content (AvgIpc) is 3.18. The van der Waals surface area contributed by atoms with Crippen LogP contribution in [0.2, 0.25) is 0 Å². The Hall–Kier alpha value is -3.65. The highest BCUT2D eigenvalue weighted by atomic mass is 32.2. The van der Waals surface area contributed by atoms with E-state index in [1.165, 1.54) is 35.0 Å². The lowest BCUT2D eigenvalue weighted by Crippen LogP contribution is -2.26. The van der Waals surface area contributed by atoms with E-state index in [1.54, 1.807) is 10.6 Å². The minimum absolute atomic E-state index is 0.0191. The summed E-state index contributed by atoms with van der Waals surface area (Å²) in [6.45, 7) is 5.45. The maximum absolute atomic E-state index is 12.7. The molecule has 4 aromatic rings. The van der Waals surface area contributed by atoms with Crippen molar-refractivity contribution < 1.29 is 14.5 Å². The van der Waals surface area contributed by atoms with Gasteiger partial charge in [0.25, 0.3) is 5.69 Å². The first-order chi connectivity index (χ1) is 17.2. The molecule has 1 aromatic heterocycles. The van der Waals surface area contributed by atoms with E-state index in [0.717, 1.165) is 12.2 Å². The quantitative estimate of drug-likeness (QED) is 0.111. The van der Waals surface area contributed by atoms with Crippen LogP contribution < -0.4 is 0 Å². The highest BCUT2D eigenvalue weighted by Gasteiger charge is 2.22. The molecule has 0 atom stereocenters. The van der Waals surface area contributed by atoms with Crippen LogP contribution >= 0.6 is 11.8 Å². The number of benzene rings is 3. The molecule has 0 spiro atoms. The lowest BCUT2D eigenvalue weighted by Gasteiger charge is -2.20. The number of nitro benzene ring substituents is 1. The first-order valence-electron chi connectivity index (χ1n) is 11.8. The van der Waals surface area contributed by atoms with E-state index in [-0.39, 0.29) is 24.1 Å². The van der Waals surface area contributed by atoms with Gasteiger partial charge in [-0.1, -0.05) is 72.4 Å². The zero-order chi connectivity index (χ0) is 25.7. The van der Waals surface area contributed by atoms with E-state index in [2.05, 4.69) is 29.2 Å². The topological polar surface area (TPSA) is 87.3 Å². The number of non-ortho nitro benzene ring substituents is 1. The number of nitro groups is 1. The molecule has 0 unspecified atom stereocenters. The number of aromatic nitrogens is 2. The van der Waals surface area contributed by atoms with Gasteiger partial charge in [-0.25, -0.2) is 4.98 Å². The third kappa shape index (κ3) is 6.31. The summed E-state index contributed by atoms with van der Waals surface area (Å²) in [5.41, 5.74) is 2.98. The molecule has 0 saturated heterocycles. The molecule has 0 saturated carbocycles. The number of carbonyl (C=O) groups excluding carboxylic acids is 1. The van der Waals surface area contributed by atoms with Gasteiger partial charge in [-0.15, -0.1) is 0 Å². The van der Waals surface area contributed by atoms with Crippen LogP contribution in [0.1, 0.15) is 44.2 Å². The molecule has 1 heterocycles. The zero-order valence-corrected chi connectivity index (χ0v) is 21.4. The monoisotopic (exact) mass is 503 g/mol. The Labute approximate surface area is 214 Å². The summed E-state index contributed by atoms with van der Waals surface area (Å²) >= 11 is 1.54. The molecule has 8 heteroatoms. The van der Waals surface area contributed by atoms with Gasteiger partial charge in [0.05, 0.1) is 16.0 Å². The van der Waals surface area contributed by atoms with Crippen LogP contribution in [0, 0.1) is 10.1 Å². The molecule has 36 heavy (non-hydrogen) atoms. The summed E-state index contributed by atoms with van der Waals surface area (Å²) in [5.74, 6) is 0.576. The number of nitrogens with zero attached hydrogens (tertiary/aromatic N) is 3. The fourth-order valence-electron chi connectivity index (χ4n) is 4.14. The maximum Gasteiger partial charge on any atom is 0.326 e. The molecule has 0 fully saturated rings. The lowest BCUT2D eigenvalue weighted by molar-refractivity contribution is -0.384. The molecule has 0 aliphatic carbocycles. The van der Waals surface area contributed by atoms with Crippen molar-refractivity contribution in [3.05, 3.63) is 100 Å². The number of hydrogen-bond donors (Lipinski definition) is 0. The third-order valence-electron chi connectivity index (χ3n) is 5.66. The minimum Gasteiger partial charge on any atom is -0.459 e. The van der Waals surface area contributed by atoms with Crippen molar-refractivity contribution in [1.29, 1.82) is 0 Å². The fraction of sp³-hybridized carbons (Fsp3) is 0.286. The molecule has 0 radical (unpaired) electrons. The van der Waals surface area contributed by atoms with Gasteiger partial charge in [-0.05, 0) is 44.4 Å². The summed E-state index contributed by atoms with van der Waals surface area (Å²) in [6.07, 6.45) is 0.856. The van der Waals surface area contributed by atoms with Crippen molar-refractivity contribution in [3.63, 3.8) is 0 Å². The summed E-state index contributed by atoms with van der Waals surface area (Å²) in [6, 6.07) is 25.3. The predicted molar refractivity (Wildman–Crippen MR) is 142 cm³/mol. The molecule has 0 aliphatic heterocycles. The van der Waals surface area contributed by atoms with Gasteiger partial charge in [0.1, 0.15) is 12.1 Å². The van der Waals surface area contributed by atoms with E-state index in [1.807, 2.05) is 57.2 Å². The molecule has 7 nitrogen and oxygen atoms in total. The van der Waals surface area contributed by atoms with Crippen molar-refractivity contribution in [2.75, 3.05) is 5.75 Å². The average molecular weight is 504 g/mol. The van der Waals surface area contributed by atoms with E-state index in [0.29, 0.717) is 16.2 Å². The van der Waals surface area contributed by atoms with Gasteiger partial charge in [-0.2, -0.15) is 0 Å². The molecule has 0 amide bonds. The highest BCUT2D eigenvalue weighted by Crippen LogP contribution is 2.32. The number of ether oxygens (including phenoxy) is 1. The summed E-state index contributed by atoms with van der Waals surface area (Å²) < 4.78 is 7.32. The van der Waals surface area contributed by atoms with Gasteiger partial charge in [-0.3, -0.25) is 14.9 Å². The number of thioether (sulfide) groups is 1. The molecular weight excluding hydrogens is 474 g/mol. The molecule has 4 rings (SSSR count). The zero-order valence-electron chi connectivity index (χ0n) is 20.6. The highest BCUT2D eigenvalue weighted by molar-refractivity contribution is 7.99. The standard InChI is InChI=1S/C28H29N3O4S/c1-28(2,3)35-26(32)19-30-25-15-14-22(31(33)34)18-24(25)29-27(30)36-17-16-23(20-10-6-4-7-11-20)21-12-8-5-9-13-21/h4-15,18,23H,16-17,19H2,1-3H3. The van der Waals surface area contributed by atoms with Crippen molar-refractivity contribution in [3.8, 4) is 0 Å². The normalized spacial score (nSPS) is 11.7. The molecular formula is C28H29N3O4S. The Morgan fingerprint density at radius 3 is 2.19 bits per heavy atom. The fourth-order valence-corrected chi connectivity index (χ4v) is 5.16. The molecule has 0 bridgehead atoms. The lowest BCUT2D eigenvalue weighted by atomic mass is 9.89. The number of rotatable bonds is 9. The maximum atomic E-state index is 12.7. The van der Waals surface area contributed by atoms with Crippen molar-refractivity contribution >= 4 is 34.5 Å². The smallest absolute Gasteiger partial charge is 0.326 e. The molecule has 186 valence electrons. The number of fused-ring (bicyclic) bond motifs is 1. The van der Waals surface area contributed by atoms with E-state index >= 15 is 0 Å². The second-order valence-electron chi connectivity index (χ2n) is 9.51. The second kappa shape index (κ2) is 11.0. The van der Waals surface area contributed by atoms with Crippen LogP contribution in [-0.2, 0) is 16.1 Å². The Bertz CT molecular complexity index is 1310. The van der Waals surface area contributed by atoms with Crippen molar-refractivity contribution in [2.45, 2.75) is 50.4 Å². The van der Waals surface area contributed by atoms with Crippen LogP contribution in [0.15, 0.2) is 84.0 Å². The van der Waals surface area contributed by atoms with Crippen LogP contribution in [0.3, 0.4) is 0 Å². The molecule has 0 aliphatic rings. The summed E-state index contributed by atoms with van der Waals surface area (Å²) in [7, 11) is 0. The van der Waals surface area contributed by atoms with Crippen LogP contribution in [-0.4, -0.2) is 31.8 Å². The van der Waals surface area contributed by atoms with Gasteiger partial charge in [0, 0.05) is 23.8 Å². The number of hydrogen-bond acceptors (Lipinski definition) is 6. The van der Waals surface area contributed by atoms with Gasteiger partial charge >= 0.3 is 5.97 Å². The Balaban J connectivity index is 1.60. The van der Waals surface area contributed by atoms with Crippen molar-refractivity contribution in [1.82, 2.24) is 9.55 Å². The van der Waals surface area contributed by atoms with Gasteiger partial charge in [0.2, 0.25) is 0 Å². The van der Waals surface area contributed by atoms with Crippen molar-refractivity contribution in [2.24, 2.45) is 0 Å². The first-order valence-corrected chi connectivity index (χ1v) is 12.8. The Morgan fingerprint density at radius 1 is 1.03 bits per heavy atom. The van der Waals surface area contributed by atoms with Crippen LogP contribution in [0.25, 0.3) is 11.0 Å².